The zero-order valence-electron chi connectivity index (χ0n) is 11.5. The molecule has 1 aliphatic heterocycles. The zero-order chi connectivity index (χ0) is 14.8. The number of nitrogens with zero attached hydrogens (tertiary/aromatic N) is 1. The molecule has 1 N–H and O–H groups in total. The Morgan fingerprint density at radius 3 is 2.71 bits per heavy atom. The Kier molecular flexibility index (Phi) is 3.71. The lowest BCUT2D eigenvalue weighted by atomic mass is 10.00. The predicted octanol–water partition coefficient (Wildman–Crippen LogP) is 2.84. The maximum absolute atomic E-state index is 13.3. The van der Waals surface area contributed by atoms with Crippen LogP contribution in [0.4, 0.5) is 10.1 Å². The van der Waals surface area contributed by atoms with Gasteiger partial charge in [0.15, 0.2) is 6.10 Å². The molecule has 0 fully saturated rings. The van der Waals surface area contributed by atoms with E-state index in [2.05, 4.69) is 0 Å². The minimum atomic E-state index is -1.19. The van der Waals surface area contributed by atoms with E-state index in [1.807, 2.05) is 6.07 Å². The summed E-state index contributed by atoms with van der Waals surface area (Å²) in [5.41, 5.74) is 2.08. The van der Waals surface area contributed by atoms with Gasteiger partial charge in [0.1, 0.15) is 5.82 Å². The van der Waals surface area contributed by atoms with Crippen LogP contribution in [0.5, 0.6) is 0 Å². The van der Waals surface area contributed by atoms with Crippen molar-refractivity contribution in [2.45, 2.75) is 18.9 Å². The molecule has 3 nitrogen and oxygen atoms in total. The molecule has 0 aliphatic carbocycles. The number of anilines is 1. The molecular formula is C17H16FNO2. The topological polar surface area (TPSA) is 40.5 Å². The van der Waals surface area contributed by atoms with E-state index in [1.165, 1.54) is 12.1 Å². The number of aliphatic hydroxyl groups is 1. The molecule has 4 heteroatoms. The average Bonchev–Trinajstić information content (AvgIpc) is 2.53. The average molecular weight is 285 g/mol. The molecule has 1 heterocycles. The van der Waals surface area contributed by atoms with E-state index in [0.29, 0.717) is 17.8 Å². The van der Waals surface area contributed by atoms with Gasteiger partial charge in [0.2, 0.25) is 0 Å². The second kappa shape index (κ2) is 5.66. The fraction of sp³-hybridized carbons (Fsp3) is 0.235. The summed E-state index contributed by atoms with van der Waals surface area (Å²) in [6, 6.07) is 13.3. The summed E-state index contributed by atoms with van der Waals surface area (Å²) in [5.74, 6) is -0.666. The quantitative estimate of drug-likeness (QED) is 0.921. The Hall–Kier alpha value is -2.20. The zero-order valence-corrected chi connectivity index (χ0v) is 11.5. The Morgan fingerprint density at radius 2 is 1.95 bits per heavy atom. The first-order chi connectivity index (χ1) is 10.2. The van der Waals surface area contributed by atoms with Crippen molar-refractivity contribution in [1.82, 2.24) is 0 Å². The van der Waals surface area contributed by atoms with Crippen molar-refractivity contribution >= 4 is 11.6 Å². The van der Waals surface area contributed by atoms with Gasteiger partial charge in [-0.1, -0.05) is 30.3 Å². The van der Waals surface area contributed by atoms with Crippen LogP contribution in [0.15, 0.2) is 48.5 Å². The molecule has 108 valence electrons. The lowest BCUT2D eigenvalue weighted by Crippen LogP contribution is -2.38. The summed E-state index contributed by atoms with van der Waals surface area (Å²) in [5, 5.41) is 10.3. The normalized spacial score (nSPS) is 15.4. The third-order valence-electron chi connectivity index (χ3n) is 3.78. The van der Waals surface area contributed by atoms with E-state index in [1.54, 1.807) is 35.2 Å². The van der Waals surface area contributed by atoms with Crippen molar-refractivity contribution in [3.63, 3.8) is 0 Å². The molecule has 1 unspecified atom stereocenters. The number of hydrogen-bond acceptors (Lipinski definition) is 2. The molecule has 2 aromatic carbocycles. The van der Waals surface area contributed by atoms with Crippen LogP contribution in [0.2, 0.25) is 0 Å². The van der Waals surface area contributed by atoms with Gasteiger partial charge in [-0.2, -0.15) is 0 Å². The van der Waals surface area contributed by atoms with E-state index >= 15 is 0 Å². The van der Waals surface area contributed by atoms with Gasteiger partial charge in [0.25, 0.3) is 5.91 Å². The van der Waals surface area contributed by atoms with E-state index in [9.17, 15) is 14.3 Å². The fourth-order valence-electron chi connectivity index (χ4n) is 2.72. The smallest absolute Gasteiger partial charge is 0.260 e. The summed E-state index contributed by atoms with van der Waals surface area (Å²) in [7, 11) is 0. The van der Waals surface area contributed by atoms with Crippen LogP contribution in [0.25, 0.3) is 0 Å². The monoisotopic (exact) mass is 285 g/mol. The standard InChI is InChI=1S/C17H16FNO2/c18-14-8-9-15-13(11-14)7-4-10-19(15)17(21)16(20)12-5-2-1-3-6-12/h1-3,5-6,8-9,11,16,20H,4,7,10H2. The SMILES string of the molecule is O=C(C(O)c1ccccc1)N1CCCc2cc(F)ccc21. The minimum Gasteiger partial charge on any atom is -0.378 e. The highest BCUT2D eigenvalue weighted by Crippen LogP contribution is 2.30. The molecule has 21 heavy (non-hydrogen) atoms. The van der Waals surface area contributed by atoms with Gasteiger partial charge in [0.05, 0.1) is 0 Å². The number of rotatable bonds is 2. The maximum atomic E-state index is 13.3. The van der Waals surface area contributed by atoms with Crippen molar-refractivity contribution < 1.29 is 14.3 Å². The molecular weight excluding hydrogens is 269 g/mol. The maximum Gasteiger partial charge on any atom is 0.260 e. The predicted molar refractivity (Wildman–Crippen MR) is 78.5 cm³/mol. The molecule has 0 radical (unpaired) electrons. The third-order valence-corrected chi connectivity index (χ3v) is 3.78. The summed E-state index contributed by atoms with van der Waals surface area (Å²) in [6.07, 6.45) is 0.323. The Bertz CT molecular complexity index is 657. The summed E-state index contributed by atoms with van der Waals surface area (Å²) >= 11 is 0. The molecule has 2 aromatic rings. The Morgan fingerprint density at radius 1 is 1.19 bits per heavy atom. The van der Waals surface area contributed by atoms with Crippen LogP contribution >= 0.6 is 0 Å². The third kappa shape index (κ3) is 2.67. The van der Waals surface area contributed by atoms with Gasteiger partial charge in [-0.3, -0.25) is 4.79 Å². The number of amides is 1. The fourth-order valence-corrected chi connectivity index (χ4v) is 2.72. The molecule has 1 amide bonds. The Labute approximate surface area is 122 Å². The lowest BCUT2D eigenvalue weighted by Gasteiger charge is -2.31. The van der Waals surface area contributed by atoms with E-state index in [4.69, 9.17) is 0 Å². The van der Waals surface area contributed by atoms with Crippen LogP contribution in [0.3, 0.4) is 0 Å². The number of fused-ring (bicyclic) bond motifs is 1. The van der Waals surface area contributed by atoms with Crippen LogP contribution in [0.1, 0.15) is 23.7 Å². The van der Waals surface area contributed by atoms with Gasteiger partial charge in [-0.05, 0) is 42.2 Å². The number of aryl methyl sites for hydroxylation is 1. The first kappa shape index (κ1) is 13.8. The Balaban J connectivity index is 1.90. The van der Waals surface area contributed by atoms with Crippen molar-refractivity contribution in [3.05, 3.63) is 65.5 Å². The highest BCUT2D eigenvalue weighted by Gasteiger charge is 2.28. The molecule has 0 bridgehead atoms. The van der Waals surface area contributed by atoms with Crippen molar-refractivity contribution in [1.29, 1.82) is 0 Å². The first-order valence-corrected chi connectivity index (χ1v) is 6.99. The molecule has 0 saturated carbocycles. The first-order valence-electron chi connectivity index (χ1n) is 6.99. The number of carbonyl (C=O) groups is 1. The number of carbonyl (C=O) groups excluding carboxylic acids is 1. The molecule has 0 spiro atoms. The van der Waals surface area contributed by atoms with Gasteiger partial charge in [-0.15, -0.1) is 0 Å². The second-order valence-corrected chi connectivity index (χ2v) is 5.18. The summed E-state index contributed by atoms with van der Waals surface area (Å²) in [6.45, 7) is 0.543. The highest BCUT2D eigenvalue weighted by molar-refractivity contribution is 5.98. The summed E-state index contributed by atoms with van der Waals surface area (Å²) in [4.78, 5) is 14.1. The molecule has 1 atom stereocenters. The lowest BCUT2D eigenvalue weighted by molar-refractivity contribution is -0.127. The van der Waals surface area contributed by atoms with Gasteiger partial charge < -0.3 is 10.0 Å². The second-order valence-electron chi connectivity index (χ2n) is 5.18. The van der Waals surface area contributed by atoms with Gasteiger partial charge in [-0.25, -0.2) is 4.39 Å². The van der Waals surface area contributed by atoms with Crippen molar-refractivity contribution in [2.75, 3.05) is 11.4 Å². The van der Waals surface area contributed by atoms with Gasteiger partial charge >= 0.3 is 0 Å². The molecule has 3 rings (SSSR count). The van der Waals surface area contributed by atoms with Crippen molar-refractivity contribution in [2.24, 2.45) is 0 Å². The molecule has 0 aromatic heterocycles. The van der Waals surface area contributed by atoms with Crippen LogP contribution in [-0.2, 0) is 11.2 Å². The number of benzene rings is 2. The largest absolute Gasteiger partial charge is 0.378 e. The minimum absolute atomic E-state index is 0.299. The van der Waals surface area contributed by atoms with Crippen molar-refractivity contribution in [3.8, 4) is 0 Å². The van der Waals surface area contributed by atoms with Gasteiger partial charge in [0, 0.05) is 12.2 Å². The van der Waals surface area contributed by atoms with E-state index in [-0.39, 0.29) is 11.7 Å². The highest BCUT2D eigenvalue weighted by atomic mass is 19.1. The van der Waals surface area contributed by atoms with E-state index < -0.39 is 6.10 Å². The summed E-state index contributed by atoms with van der Waals surface area (Å²) < 4.78 is 13.3. The van der Waals surface area contributed by atoms with Crippen LogP contribution < -0.4 is 4.90 Å². The van der Waals surface area contributed by atoms with Crippen LogP contribution in [-0.4, -0.2) is 17.6 Å². The molecule has 0 saturated heterocycles. The van der Waals surface area contributed by atoms with Crippen LogP contribution in [0, 0.1) is 5.82 Å². The molecule has 1 aliphatic rings. The number of halogens is 1. The van der Waals surface area contributed by atoms with E-state index in [0.717, 1.165) is 18.4 Å². The number of aliphatic hydroxyl groups excluding tert-OH is 1. The number of hydrogen-bond donors (Lipinski definition) is 1.